The second-order valence-electron chi connectivity index (χ2n) is 7.03. The van der Waals surface area contributed by atoms with Crippen molar-refractivity contribution in [1.29, 1.82) is 0 Å². The van der Waals surface area contributed by atoms with Crippen molar-refractivity contribution >= 4 is 5.91 Å². The van der Waals surface area contributed by atoms with Gasteiger partial charge >= 0.3 is 0 Å². The molecule has 4 aromatic rings. The van der Waals surface area contributed by atoms with E-state index in [1.807, 2.05) is 61.0 Å². The number of pyridine rings is 1. The molecule has 0 spiro atoms. The van der Waals surface area contributed by atoms with Crippen molar-refractivity contribution in [2.75, 3.05) is 0 Å². The lowest BCUT2D eigenvalue weighted by Gasteiger charge is -2.10. The molecular weight excluding hydrogens is 362 g/mol. The summed E-state index contributed by atoms with van der Waals surface area (Å²) < 4.78 is 4.01. The Morgan fingerprint density at radius 2 is 1.90 bits per heavy atom. The molecule has 0 fully saturated rings. The molecule has 6 nitrogen and oxygen atoms in total. The lowest BCUT2D eigenvalue weighted by atomic mass is 10.2. The van der Waals surface area contributed by atoms with E-state index in [2.05, 4.69) is 32.0 Å². The standard InChI is InChI=1S/C23H23N5O/c1-17-12-21(18(2)28(17)15-19-6-4-3-5-7-19)23(29)26-14-20-8-9-22(25-13-20)27-11-10-24-16-27/h3-13,16H,14-15H2,1-2H3,(H,26,29). The molecule has 1 amide bonds. The molecule has 0 saturated carbocycles. The van der Waals surface area contributed by atoms with Gasteiger partial charge in [0.25, 0.3) is 5.91 Å². The highest BCUT2D eigenvalue weighted by Crippen LogP contribution is 2.17. The van der Waals surface area contributed by atoms with E-state index in [0.717, 1.165) is 29.3 Å². The highest BCUT2D eigenvalue weighted by molar-refractivity contribution is 5.95. The van der Waals surface area contributed by atoms with E-state index in [1.54, 1.807) is 18.7 Å². The summed E-state index contributed by atoms with van der Waals surface area (Å²) in [5.74, 6) is 0.720. The fourth-order valence-electron chi connectivity index (χ4n) is 3.39. The predicted molar refractivity (Wildman–Crippen MR) is 112 cm³/mol. The third-order valence-corrected chi connectivity index (χ3v) is 5.03. The minimum absolute atomic E-state index is 0.0731. The molecule has 0 aliphatic rings. The highest BCUT2D eigenvalue weighted by Gasteiger charge is 2.15. The van der Waals surface area contributed by atoms with Gasteiger partial charge < -0.3 is 9.88 Å². The number of nitrogens with one attached hydrogen (secondary N) is 1. The third kappa shape index (κ3) is 4.11. The first kappa shape index (κ1) is 18.7. The molecule has 0 bridgehead atoms. The third-order valence-electron chi connectivity index (χ3n) is 5.03. The Morgan fingerprint density at radius 3 is 2.59 bits per heavy atom. The van der Waals surface area contributed by atoms with Crippen LogP contribution in [0.5, 0.6) is 0 Å². The maximum Gasteiger partial charge on any atom is 0.253 e. The summed E-state index contributed by atoms with van der Waals surface area (Å²) in [5.41, 5.74) is 4.91. The van der Waals surface area contributed by atoms with Crippen LogP contribution in [0.15, 0.2) is 73.4 Å². The molecule has 0 atom stereocenters. The zero-order valence-corrected chi connectivity index (χ0v) is 16.5. The smallest absolute Gasteiger partial charge is 0.253 e. The van der Waals surface area contributed by atoms with Crippen molar-refractivity contribution in [3.8, 4) is 5.82 Å². The lowest BCUT2D eigenvalue weighted by Crippen LogP contribution is -2.23. The Labute approximate surface area is 169 Å². The van der Waals surface area contributed by atoms with Crippen molar-refractivity contribution < 1.29 is 4.79 Å². The van der Waals surface area contributed by atoms with Gasteiger partial charge in [0.15, 0.2) is 0 Å². The zero-order valence-electron chi connectivity index (χ0n) is 16.5. The van der Waals surface area contributed by atoms with Gasteiger partial charge in [-0.2, -0.15) is 0 Å². The van der Waals surface area contributed by atoms with Crippen LogP contribution in [0.2, 0.25) is 0 Å². The van der Waals surface area contributed by atoms with E-state index >= 15 is 0 Å². The normalized spacial score (nSPS) is 10.8. The van der Waals surface area contributed by atoms with Crippen LogP contribution >= 0.6 is 0 Å². The van der Waals surface area contributed by atoms with Crippen molar-refractivity contribution in [3.05, 3.63) is 102 Å². The molecule has 3 heterocycles. The zero-order chi connectivity index (χ0) is 20.2. The molecule has 3 aromatic heterocycles. The summed E-state index contributed by atoms with van der Waals surface area (Å²) in [5, 5.41) is 3.00. The van der Waals surface area contributed by atoms with Crippen molar-refractivity contribution in [2.24, 2.45) is 0 Å². The molecule has 0 unspecified atom stereocenters. The topological polar surface area (TPSA) is 64.7 Å². The number of aryl methyl sites for hydroxylation is 1. The number of amides is 1. The van der Waals surface area contributed by atoms with Gasteiger partial charge in [-0.25, -0.2) is 9.97 Å². The van der Waals surface area contributed by atoms with Crippen LogP contribution in [-0.4, -0.2) is 25.0 Å². The van der Waals surface area contributed by atoms with Crippen molar-refractivity contribution in [2.45, 2.75) is 26.9 Å². The number of carbonyl (C=O) groups excluding carboxylic acids is 1. The number of rotatable bonds is 6. The summed E-state index contributed by atoms with van der Waals surface area (Å²) in [6.45, 7) is 5.21. The van der Waals surface area contributed by atoms with Gasteiger partial charge in [-0.3, -0.25) is 9.36 Å². The molecule has 29 heavy (non-hydrogen) atoms. The number of nitrogens with zero attached hydrogens (tertiary/aromatic N) is 4. The molecule has 0 saturated heterocycles. The quantitative estimate of drug-likeness (QED) is 0.551. The SMILES string of the molecule is Cc1cc(C(=O)NCc2ccc(-n3ccnc3)nc2)c(C)n1Cc1ccccc1. The first-order chi connectivity index (χ1) is 14.1. The summed E-state index contributed by atoms with van der Waals surface area (Å²) in [6, 6.07) is 16.1. The number of hydrogen-bond donors (Lipinski definition) is 1. The number of hydrogen-bond acceptors (Lipinski definition) is 3. The number of imidazole rings is 1. The molecular formula is C23H23N5O. The fourth-order valence-corrected chi connectivity index (χ4v) is 3.39. The summed E-state index contributed by atoms with van der Waals surface area (Å²) in [6.07, 6.45) is 7.03. The fraction of sp³-hybridized carbons (Fsp3) is 0.174. The molecule has 146 valence electrons. The second-order valence-corrected chi connectivity index (χ2v) is 7.03. The van der Waals surface area contributed by atoms with Crippen LogP contribution in [0, 0.1) is 13.8 Å². The Kier molecular flexibility index (Phi) is 5.24. The van der Waals surface area contributed by atoms with Crippen LogP contribution < -0.4 is 5.32 Å². The van der Waals surface area contributed by atoms with Crippen LogP contribution in [0.25, 0.3) is 5.82 Å². The number of carbonyl (C=O) groups is 1. The Bertz CT molecular complexity index is 1100. The van der Waals surface area contributed by atoms with E-state index < -0.39 is 0 Å². The van der Waals surface area contributed by atoms with Crippen LogP contribution in [0.3, 0.4) is 0 Å². The molecule has 0 aliphatic heterocycles. The van der Waals surface area contributed by atoms with Gasteiger partial charge in [-0.1, -0.05) is 36.4 Å². The van der Waals surface area contributed by atoms with E-state index in [0.29, 0.717) is 12.1 Å². The average Bonchev–Trinajstić information content (AvgIpc) is 3.38. The minimum atomic E-state index is -0.0731. The van der Waals surface area contributed by atoms with Gasteiger partial charge in [0.2, 0.25) is 0 Å². The van der Waals surface area contributed by atoms with E-state index in [4.69, 9.17) is 0 Å². The number of aromatic nitrogens is 4. The second kappa shape index (κ2) is 8.14. The van der Waals surface area contributed by atoms with E-state index in [9.17, 15) is 4.79 Å². The van der Waals surface area contributed by atoms with Gasteiger partial charge in [0.05, 0.1) is 5.56 Å². The maximum absolute atomic E-state index is 12.8. The first-order valence-corrected chi connectivity index (χ1v) is 9.54. The van der Waals surface area contributed by atoms with Crippen molar-refractivity contribution in [3.63, 3.8) is 0 Å². The van der Waals surface area contributed by atoms with Gasteiger partial charge in [0.1, 0.15) is 12.1 Å². The average molecular weight is 385 g/mol. The van der Waals surface area contributed by atoms with Crippen LogP contribution in [0.4, 0.5) is 0 Å². The summed E-state index contributed by atoms with van der Waals surface area (Å²) in [4.78, 5) is 21.2. The van der Waals surface area contributed by atoms with Crippen molar-refractivity contribution in [1.82, 2.24) is 24.4 Å². The molecule has 6 heteroatoms. The molecule has 4 rings (SSSR count). The van der Waals surface area contributed by atoms with Gasteiger partial charge in [0, 0.05) is 43.1 Å². The Hall–Kier alpha value is -3.67. The van der Waals surface area contributed by atoms with E-state index in [-0.39, 0.29) is 5.91 Å². The minimum Gasteiger partial charge on any atom is -0.348 e. The highest BCUT2D eigenvalue weighted by atomic mass is 16.1. The Morgan fingerprint density at radius 1 is 1.07 bits per heavy atom. The van der Waals surface area contributed by atoms with Crippen LogP contribution in [0.1, 0.15) is 32.9 Å². The molecule has 0 radical (unpaired) electrons. The largest absolute Gasteiger partial charge is 0.348 e. The molecule has 1 aromatic carbocycles. The number of benzene rings is 1. The summed E-state index contributed by atoms with van der Waals surface area (Å²) in [7, 11) is 0. The predicted octanol–water partition coefficient (Wildman–Crippen LogP) is 3.66. The Balaban J connectivity index is 1.43. The molecule has 0 aliphatic carbocycles. The maximum atomic E-state index is 12.8. The monoisotopic (exact) mass is 385 g/mol. The first-order valence-electron chi connectivity index (χ1n) is 9.54. The molecule has 1 N–H and O–H groups in total. The summed E-state index contributed by atoms with van der Waals surface area (Å²) >= 11 is 0. The lowest BCUT2D eigenvalue weighted by molar-refractivity contribution is 0.0950. The van der Waals surface area contributed by atoms with Gasteiger partial charge in [-0.15, -0.1) is 0 Å². The van der Waals surface area contributed by atoms with Gasteiger partial charge in [-0.05, 0) is 37.1 Å². The van der Waals surface area contributed by atoms with E-state index in [1.165, 1.54) is 5.56 Å². The van der Waals surface area contributed by atoms with Crippen LogP contribution in [-0.2, 0) is 13.1 Å².